The molecular weight excluding hydrogens is 853 g/mol. The molecule has 0 spiro atoms. The van der Waals surface area contributed by atoms with E-state index in [1.54, 1.807) is 36.4 Å². The Morgan fingerprint density at radius 2 is 0.828 bits per heavy atom. The Balaban J connectivity index is 0.000000221. The molecule has 0 unspecified atom stereocenters. The molecule has 2 aromatic heterocycles. The average molecular weight is 884 g/mol. The Morgan fingerprint density at radius 1 is 0.500 bits per heavy atom. The fourth-order valence-electron chi connectivity index (χ4n) is 5.24. The van der Waals surface area contributed by atoms with Crippen LogP contribution in [0.25, 0.3) is 22.5 Å². The first kappa shape index (κ1) is 44.3. The second kappa shape index (κ2) is 16.4. The van der Waals surface area contributed by atoms with Gasteiger partial charge in [-0.15, -0.1) is 0 Å². The second-order valence-electron chi connectivity index (χ2n) is 12.9. The van der Waals surface area contributed by atoms with Crippen LogP contribution in [0.5, 0.6) is 0 Å². The van der Waals surface area contributed by atoms with Crippen molar-refractivity contribution >= 4 is 42.9 Å². The van der Waals surface area contributed by atoms with Crippen molar-refractivity contribution in [3.05, 3.63) is 155 Å². The number of alkyl halides is 6. The summed E-state index contributed by atoms with van der Waals surface area (Å²) in [5.74, 6) is 0. The van der Waals surface area contributed by atoms with E-state index < -0.39 is 54.4 Å². The highest BCUT2D eigenvalue weighted by Crippen LogP contribution is 2.40. The summed E-state index contributed by atoms with van der Waals surface area (Å²) >= 11 is 12.4. The molecule has 0 aliphatic heterocycles. The molecule has 58 heavy (non-hydrogen) atoms. The van der Waals surface area contributed by atoms with E-state index in [0.29, 0.717) is 25.0 Å². The van der Waals surface area contributed by atoms with Gasteiger partial charge in [0.15, 0.2) is 11.2 Å². The van der Waals surface area contributed by atoms with Crippen LogP contribution in [0.3, 0.4) is 0 Å². The maximum absolute atomic E-state index is 12.9. The molecule has 6 rings (SSSR count). The number of sulfone groups is 2. The molecule has 0 bridgehead atoms. The summed E-state index contributed by atoms with van der Waals surface area (Å²) in [5, 5.41) is 19.3. The molecule has 0 amide bonds. The van der Waals surface area contributed by atoms with Gasteiger partial charge >= 0.3 is 12.4 Å². The molecule has 2 atom stereocenters. The monoisotopic (exact) mass is 882 g/mol. The first-order chi connectivity index (χ1) is 26.9. The lowest BCUT2D eigenvalue weighted by atomic mass is 9.96. The number of pyridine rings is 2. The van der Waals surface area contributed by atoms with Crippen molar-refractivity contribution in [3.8, 4) is 22.5 Å². The van der Waals surface area contributed by atoms with Crippen LogP contribution in [0, 0.1) is 0 Å². The number of halogens is 8. The van der Waals surface area contributed by atoms with Gasteiger partial charge in [-0.1, -0.05) is 83.9 Å². The van der Waals surface area contributed by atoms with E-state index in [2.05, 4.69) is 9.97 Å². The number of hydrogen-bond donors (Lipinski definition) is 2. The second-order valence-corrected chi connectivity index (χ2v) is 17.6. The third-order valence-corrected chi connectivity index (χ3v) is 13.4. The van der Waals surface area contributed by atoms with Crippen LogP contribution >= 0.6 is 23.2 Å². The van der Waals surface area contributed by atoms with E-state index >= 15 is 0 Å². The standard InChI is InChI=1S/2C20H15ClF3NO3S/c2*1-19(26,20(22,23)24)14-8-9-17(25-12-14)13-7-10-18(16(21)11-13)29(27,28)15-5-3-2-4-6-15/h2*2-12,26H,1H3/t2*19-/m10/s1. The van der Waals surface area contributed by atoms with E-state index in [9.17, 15) is 53.4 Å². The summed E-state index contributed by atoms with van der Waals surface area (Å²) in [5.41, 5.74) is -5.52. The molecule has 0 saturated heterocycles. The molecule has 0 aliphatic rings. The molecule has 2 N–H and O–H groups in total. The number of aromatic nitrogens is 2. The predicted octanol–water partition coefficient (Wildman–Crippen LogP) is 10.0. The minimum atomic E-state index is -4.85. The topological polar surface area (TPSA) is 135 Å². The Labute approximate surface area is 339 Å². The van der Waals surface area contributed by atoms with Gasteiger partial charge in [0.2, 0.25) is 19.7 Å². The van der Waals surface area contributed by atoms with Gasteiger partial charge < -0.3 is 10.2 Å². The van der Waals surface area contributed by atoms with Crippen LogP contribution in [0.4, 0.5) is 26.3 Å². The number of hydrogen-bond acceptors (Lipinski definition) is 8. The molecule has 304 valence electrons. The van der Waals surface area contributed by atoms with Crippen LogP contribution in [-0.2, 0) is 30.9 Å². The summed E-state index contributed by atoms with van der Waals surface area (Å²) in [6.45, 7) is 1.29. The molecule has 6 aromatic rings. The van der Waals surface area contributed by atoms with Crippen LogP contribution in [0.15, 0.2) is 153 Å². The molecular formula is C40H30Cl2F6N2O6S2. The van der Waals surface area contributed by atoms with Crippen LogP contribution in [0.1, 0.15) is 25.0 Å². The maximum atomic E-state index is 12.9. The average Bonchev–Trinajstić information content (AvgIpc) is 3.18. The van der Waals surface area contributed by atoms with Crippen LogP contribution in [0.2, 0.25) is 10.0 Å². The van der Waals surface area contributed by atoms with Gasteiger partial charge in [0, 0.05) is 34.6 Å². The Morgan fingerprint density at radius 3 is 1.09 bits per heavy atom. The van der Waals surface area contributed by atoms with Gasteiger partial charge in [-0.25, -0.2) is 16.8 Å². The summed E-state index contributed by atoms with van der Waals surface area (Å²) in [6, 6.07) is 28.7. The van der Waals surface area contributed by atoms with Crippen molar-refractivity contribution in [1.29, 1.82) is 0 Å². The predicted molar refractivity (Wildman–Crippen MR) is 204 cm³/mol. The third-order valence-electron chi connectivity index (χ3n) is 8.90. The molecule has 0 aliphatic carbocycles. The fraction of sp³-hybridized carbons (Fsp3) is 0.150. The van der Waals surface area contributed by atoms with E-state index in [1.807, 2.05) is 0 Å². The molecule has 8 nitrogen and oxygen atoms in total. The van der Waals surface area contributed by atoms with Crippen molar-refractivity contribution in [1.82, 2.24) is 9.97 Å². The lowest BCUT2D eigenvalue weighted by Crippen LogP contribution is -2.39. The van der Waals surface area contributed by atoms with Crippen LogP contribution < -0.4 is 0 Å². The summed E-state index contributed by atoms with van der Waals surface area (Å²) in [4.78, 5) is 7.90. The van der Waals surface area contributed by atoms with E-state index in [4.69, 9.17) is 23.2 Å². The largest absolute Gasteiger partial charge is 0.421 e. The molecule has 2 heterocycles. The lowest BCUT2D eigenvalue weighted by molar-refractivity contribution is -0.259. The number of rotatable bonds is 8. The lowest BCUT2D eigenvalue weighted by Gasteiger charge is -2.26. The van der Waals surface area contributed by atoms with Crippen molar-refractivity contribution in [2.24, 2.45) is 0 Å². The Bertz CT molecular complexity index is 2440. The third kappa shape index (κ3) is 9.07. The zero-order chi connectivity index (χ0) is 42.9. The van der Waals surface area contributed by atoms with Gasteiger partial charge in [-0.3, -0.25) is 9.97 Å². The van der Waals surface area contributed by atoms with Crippen molar-refractivity contribution in [2.45, 2.75) is 57.0 Å². The van der Waals surface area contributed by atoms with Gasteiger partial charge in [0.1, 0.15) is 0 Å². The highest BCUT2D eigenvalue weighted by molar-refractivity contribution is 7.92. The summed E-state index contributed by atoms with van der Waals surface area (Å²) < 4.78 is 129. The van der Waals surface area contributed by atoms with Crippen molar-refractivity contribution < 1.29 is 53.4 Å². The van der Waals surface area contributed by atoms with Crippen molar-refractivity contribution in [3.63, 3.8) is 0 Å². The SMILES string of the molecule is C[C@@](O)(c1ccc(-c2ccc(S(=O)(=O)c3ccccc3)c(Cl)c2)nc1)C(F)(F)F.C[C@](O)(c1ccc(-c2ccc(S(=O)(=O)c3ccccc3)c(Cl)c2)nc1)C(F)(F)F. The fourth-order valence-corrected chi connectivity index (χ4v) is 8.88. The van der Waals surface area contributed by atoms with E-state index in [0.717, 1.165) is 24.5 Å². The molecule has 18 heteroatoms. The Kier molecular flexibility index (Phi) is 12.5. The summed E-state index contributed by atoms with van der Waals surface area (Å²) in [6.07, 6.45) is -7.86. The first-order valence-corrected chi connectivity index (χ1v) is 20.3. The van der Waals surface area contributed by atoms with E-state index in [-0.39, 0.29) is 41.0 Å². The molecule has 4 aromatic carbocycles. The van der Waals surface area contributed by atoms with E-state index in [1.165, 1.54) is 72.8 Å². The van der Waals surface area contributed by atoms with Gasteiger partial charge in [-0.05, 0) is 74.5 Å². The van der Waals surface area contributed by atoms with Gasteiger partial charge in [0.05, 0.1) is 41.0 Å². The minimum absolute atomic E-state index is 0.0421. The highest BCUT2D eigenvalue weighted by Gasteiger charge is 2.52. The zero-order valence-electron chi connectivity index (χ0n) is 30.0. The maximum Gasteiger partial charge on any atom is 0.421 e. The normalized spacial score (nSPS) is 14.4. The smallest absolute Gasteiger partial charge is 0.376 e. The zero-order valence-corrected chi connectivity index (χ0v) is 33.1. The van der Waals surface area contributed by atoms with Gasteiger partial charge in [-0.2, -0.15) is 26.3 Å². The number of benzene rings is 4. The minimum Gasteiger partial charge on any atom is -0.376 e. The highest BCUT2D eigenvalue weighted by atomic mass is 35.5. The number of aliphatic hydroxyl groups is 2. The molecule has 0 radical (unpaired) electrons. The Hall–Kier alpha value is -4.84. The van der Waals surface area contributed by atoms with Crippen LogP contribution in [-0.4, -0.2) is 49.4 Å². The first-order valence-electron chi connectivity index (χ1n) is 16.6. The molecule has 0 saturated carbocycles. The quantitative estimate of drug-likeness (QED) is 0.144. The van der Waals surface area contributed by atoms with Crippen molar-refractivity contribution in [2.75, 3.05) is 0 Å². The molecule has 0 fully saturated rings. The van der Waals surface area contributed by atoms with Gasteiger partial charge in [0.25, 0.3) is 0 Å². The number of nitrogens with zero attached hydrogens (tertiary/aromatic N) is 2. The summed E-state index contributed by atoms with van der Waals surface area (Å²) in [7, 11) is -7.64.